The largest absolute Gasteiger partial charge is 0.748 e. The molecular weight excluding hydrogens is 609 g/mol. The van der Waals surface area contributed by atoms with E-state index in [0.717, 1.165) is 42.7 Å². The second-order valence-corrected chi connectivity index (χ2v) is 14.6. The summed E-state index contributed by atoms with van der Waals surface area (Å²) >= 11 is 3.04. The number of carbonyl (C=O) groups is 1. The molecule has 0 bridgehead atoms. The van der Waals surface area contributed by atoms with Crippen LogP contribution >= 0.6 is 23.1 Å². The van der Waals surface area contributed by atoms with Crippen LogP contribution in [0.2, 0.25) is 0 Å². The van der Waals surface area contributed by atoms with E-state index in [-0.39, 0.29) is 18.6 Å². The number of hydrogen-bond acceptors (Lipinski definition) is 10. The van der Waals surface area contributed by atoms with Crippen LogP contribution in [-0.4, -0.2) is 57.4 Å². The molecule has 14 heteroatoms. The summed E-state index contributed by atoms with van der Waals surface area (Å²) < 4.78 is 74.0. The Balaban J connectivity index is 1.73. The van der Waals surface area contributed by atoms with E-state index in [9.17, 15) is 30.7 Å². The monoisotopic (exact) mass is 638 g/mol. The number of thiazole rings is 1. The van der Waals surface area contributed by atoms with Gasteiger partial charge in [0.15, 0.2) is 6.54 Å². The Bertz CT molecular complexity index is 1730. The lowest BCUT2D eigenvalue weighted by Gasteiger charge is -2.20. The number of allylic oxidation sites excluding steroid dienone is 2. The predicted molar refractivity (Wildman–Crippen MR) is 160 cm³/mol. The second kappa shape index (κ2) is 13.0. The molecule has 0 unspecified atom stereocenters. The molecule has 0 radical (unpaired) electrons. The number of aryl methyl sites for hydroxylation is 1. The Morgan fingerprint density at radius 3 is 2.56 bits per heavy atom. The van der Waals surface area contributed by atoms with E-state index in [4.69, 9.17) is 4.74 Å². The summed E-state index contributed by atoms with van der Waals surface area (Å²) in [4.78, 5) is 14.3. The van der Waals surface area contributed by atoms with Gasteiger partial charge in [0.1, 0.15) is 16.7 Å². The predicted octanol–water partition coefficient (Wildman–Crippen LogP) is 4.47. The first-order chi connectivity index (χ1) is 19.4. The zero-order valence-electron chi connectivity index (χ0n) is 22.5. The van der Waals surface area contributed by atoms with E-state index < -0.39 is 26.0 Å². The van der Waals surface area contributed by atoms with Crippen molar-refractivity contribution >= 4 is 71.6 Å². The molecule has 2 heterocycles. The van der Waals surface area contributed by atoms with Gasteiger partial charge in [0.25, 0.3) is 15.1 Å². The van der Waals surface area contributed by atoms with Gasteiger partial charge >= 0.3 is 0 Å². The zero-order chi connectivity index (χ0) is 29.8. The Hall–Kier alpha value is -2.75. The van der Waals surface area contributed by atoms with E-state index >= 15 is 0 Å². The first-order valence-electron chi connectivity index (χ1n) is 12.8. The number of methoxy groups -OCH3 is 1. The molecule has 0 saturated heterocycles. The molecular formula is C27H30N2O8S4. The minimum Gasteiger partial charge on any atom is -0.748 e. The SMILES string of the molecule is CCC(=Cc1sc2ccc(OC)cc2[n+]1CCCS(=O)(=O)[O-])C=C1Sc2ccc(C=O)cc2N1CCCS(=O)(=O)O. The van der Waals surface area contributed by atoms with Gasteiger partial charge in [-0.05, 0) is 48.8 Å². The van der Waals surface area contributed by atoms with Crippen molar-refractivity contribution in [3.8, 4) is 5.75 Å². The third kappa shape index (κ3) is 8.17. The summed E-state index contributed by atoms with van der Waals surface area (Å²) in [6.45, 7) is 2.65. The van der Waals surface area contributed by atoms with Crippen LogP contribution in [0, 0.1) is 0 Å². The standard InChI is InChI=1S/C27H30N2O8S4/c1-3-19(15-26-28(10-4-12-40(31,32)33)22-14-20(18-30)6-8-24(22)38-26)16-27-29(11-5-13-41(34,35)36)23-17-21(37-2)7-9-25(23)39-27/h6-9,14-18H,3-5,10-13H2,1-2H3,(H-,31,32,33,34,35,36). The van der Waals surface area contributed by atoms with Crippen molar-refractivity contribution in [2.45, 2.75) is 37.6 Å². The molecule has 2 aromatic carbocycles. The molecule has 0 aliphatic carbocycles. The molecule has 1 aromatic heterocycles. The van der Waals surface area contributed by atoms with Crippen molar-refractivity contribution in [1.29, 1.82) is 0 Å². The quantitative estimate of drug-likeness (QED) is 0.162. The topological polar surface area (TPSA) is 145 Å². The van der Waals surface area contributed by atoms with Crippen LogP contribution in [0.15, 0.2) is 58.0 Å². The van der Waals surface area contributed by atoms with Crippen LogP contribution in [0.25, 0.3) is 16.3 Å². The summed E-state index contributed by atoms with van der Waals surface area (Å²) in [5.74, 6) is -0.194. The molecule has 0 spiro atoms. The van der Waals surface area contributed by atoms with Crippen molar-refractivity contribution in [2.75, 3.05) is 30.1 Å². The Kier molecular flexibility index (Phi) is 9.93. The van der Waals surface area contributed by atoms with E-state index in [2.05, 4.69) is 0 Å². The molecule has 220 valence electrons. The number of ether oxygens (including phenoxy) is 1. The van der Waals surface area contributed by atoms with Gasteiger partial charge in [-0.25, -0.2) is 8.42 Å². The third-order valence-electron chi connectivity index (χ3n) is 6.41. The van der Waals surface area contributed by atoms with Crippen molar-refractivity contribution in [1.82, 2.24) is 0 Å². The second-order valence-electron chi connectivity index (χ2n) is 9.33. The van der Waals surface area contributed by atoms with Gasteiger partial charge in [-0.15, -0.1) is 0 Å². The lowest BCUT2D eigenvalue weighted by molar-refractivity contribution is -0.668. The average Bonchev–Trinajstić information content (AvgIpc) is 3.43. The summed E-state index contributed by atoms with van der Waals surface area (Å²) in [5, 5.41) is 1.71. The van der Waals surface area contributed by atoms with Gasteiger partial charge in [-0.3, -0.25) is 9.35 Å². The molecule has 0 saturated carbocycles. The lowest BCUT2D eigenvalue weighted by Crippen LogP contribution is -2.36. The molecule has 1 N–H and O–H groups in total. The van der Waals surface area contributed by atoms with Gasteiger partial charge < -0.3 is 14.2 Å². The molecule has 1 aliphatic rings. The van der Waals surface area contributed by atoms with Crippen molar-refractivity contribution in [2.24, 2.45) is 0 Å². The van der Waals surface area contributed by atoms with Crippen LogP contribution in [0.4, 0.5) is 5.69 Å². The van der Waals surface area contributed by atoms with Gasteiger partial charge in [0, 0.05) is 35.3 Å². The maximum Gasteiger partial charge on any atom is 0.264 e. The minimum atomic E-state index is -4.35. The number of thioether (sulfide) groups is 1. The van der Waals surface area contributed by atoms with Gasteiger partial charge in [0.2, 0.25) is 5.52 Å². The smallest absolute Gasteiger partial charge is 0.264 e. The fourth-order valence-corrected chi connectivity index (χ4v) is 7.71. The molecule has 0 fully saturated rings. The number of rotatable bonds is 13. The van der Waals surface area contributed by atoms with E-state index in [1.54, 1.807) is 19.2 Å². The van der Waals surface area contributed by atoms with Crippen LogP contribution in [0.5, 0.6) is 5.75 Å². The number of aromatic nitrogens is 1. The highest BCUT2D eigenvalue weighted by molar-refractivity contribution is 8.03. The normalized spacial score (nSPS) is 15.1. The molecule has 10 nitrogen and oxygen atoms in total. The molecule has 4 rings (SSSR count). The maximum absolute atomic E-state index is 11.4. The average molecular weight is 639 g/mol. The maximum atomic E-state index is 11.4. The highest BCUT2D eigenvalue weighted by atomic mass is 32.2. The van der Waals surface area contributed by atoms with Crippen LogP contribution in [0.1, 0.15) is 41.6 Å². The van der Waals surface area contributed by atoms with Crippen molar-refractivity contribution in [3.05, 3.63) is 63.6 Å². The lowest BCUT2D eigenvalue weighted by atomic mass is 10.1. The number of benzene rings is 2. The minimum absolute atomic E-state index is 0.161. The number of anilines is 1. The van der Waals surface area contributed by atoms with Crippen molar-refractivity contribution < 1.29 is 40.0 Å². The van der Waals surface area contributed by atoms with E-state index in [0.29, 0.717) is 30.8 Å². The summed E-state index contributed by atoms with van der Waals surface area (Å²) in [6, 6.07) is 11.0. The highest BCUT2D eigenvalue weighted by Crippen LogP contribution is 2.47. The van der Waals surface area contributed by atoms with E-state index in [1.807, 2.05) is 52.8 Å². The van der Waals surface area contributed by atoms with E-state index in [1.165, 1.54) is 23.1 Å². The fraction of sp³-hybridized carbons (Fsp3) is 0.333. The van der Waals surface area contributed by atoms with Crippen LogP contribution < -0.4 is 14.2 Å². The fourth-order valence-electron chi connectivity index (χ4n) is 4.44. The molecule has 0 amide bonds. The number of fused-ring (bicyclic) bond motifs is 2. The highest BCUT2D eigenvalue weighted by Gasteiger charge is 2.26. The van der Waals surface area contributed by atoms with Crippen LogP contribution in [0.3, 0.4) is 0 Å². The van der Waals surface area contributed by atoms with Crippen molar-refractivity contribution in [3.63, 3.8) is 0 Å². The van der Waals surface area contributed by atoms with Gasteiger partial charge in [-0.2, -0.15) is 13.0 Å². The number of carbonyl (C=O) groups excluding carboxylic acids is 1. The number of aldehydes is 1. The summed E-state index contributed by atoms with van der Waals surface area (Å²) in [6.07, 6.45) is 5.80. The molecule has 3 aromatic rings. The number of nitrogens with zero attached hydrogens (tertiary/aromatic N) is 2. The van der Waals surface area contributed by atoms with Crippen LogP contribution in [-0.2, 0) is 26.8 Å². The Morgan fingerprint density at radius 1 is 1.12 bits per heavy atom. The summed E-state index contributed by atoms with van der Waals surface area (Å²) in [7, 11) is -6.90. The molecule has 41 heavy (non-hydrogen) atoms. The van der Waals surface area contributed by atoms with Gasteiger partial charge in [0.05, 0.1) is 39.8 Å². The zero-order valence-corrected chi connectivity index (χ0v) is 25.7. The molecule has 1 aliphatic heterocycles. The third-order valence-corrected chi connectivity index (χ3v) is 10.2. The first kappa shape index (κ1) is 31.2. The molecule has 0 atom stereocenters. The summed E-state index contributed by atoms with van der Waals surface area (Å²) in [5.41, 5.74) is 3.11. The number of hydrogen-bond donors (Lipinski definition) is 1. The Labute approximate surface area is 247 Å². The van der Waals surface area contributed by atoms with Gasteiger partial charge in [-0.1, -0.05) is 36.1 Å². The Morgan fingerprint density at radius 2 is 1.90 bits per heavy atom. The first-order valence-corrected chi connectivity index (χ1v) is 17.6.